The Morgan fingerprint density at radius 2 is 0.775 bits per heavy atom. The van der Waals surface area contributed by atoms with Gasteiger partial charge >= 0.3 is 0 Å². The normalized spacial score (nSPS) is 12.2. The van der Waals surface area contributed by atoms with Crippen LogP contribution in [0.15, 0.2) is 146 Å². The predicted octanol–water partition coefficient (Wildman–Crippen LogP) is 8.06. The molecular weight excluding hydrogens is 484 g/mol. The fraction of sp³-hybridized carbons (Fsp3) is 0. The van der Waals surface area contributed by atoms with Crippen LogP contribution in [0.4, 0.5) is 0 Å². The summed E-state index contributed by atoms with van der Waals surface area (Å²) < 4.78 is 0. The lowest BCUT2D eigenvalue weighted by Crippen LogP contribution is -2.02. The first kappa shape index (κ1) is 24.7. The highest BCUT2D eigenvalue weighted by Gasteiger charge is 2.28. The highest BCUT2D eigenvalue weighted by molar-refractivity contribution is 6.51. The largest absolute Gasteiger partial charge is 0.289 e. The summed E-state index contributed by atoms with van der Waals surface area (Å²) in [6, 6.07) is 45.7. The van der Waals surface area contributed by atoms with Crippen molar-refractivity contribution in [2.75, 3.05) is 0 Å². The molecule has 0 heterocycles. The number of hydrogen-bond donors (Lipinski definition) is 0. The van der Waals surface area contributed by atoms with E-state index in [4.69, 9.17) is 0 Å². The number of ketones is 1. The molecule has 0 unspecified atom stereocenters. The van der Waals surface area contributed by atoms with Gasteiger partial charge in [0.1, 0.15) is 0 Å². The topological polar surface area (TPSA) is 17.1 Å². The van der Waals surface area contributed by atoms with Crippen molar-refractivity contribution in [1.82, 2.24) is 0 Å². The zero-order valence-electron chi connectivity index (χ0n) is 21.8. The smallest absolute Gasteiger partial charge is 0.194 e. The second-order valence-corrected chi connectivity index (χ2v) is 9.43. The van der Waals surface area contributed by atoms with E-state index in [9.17, 15) is 4.79 Å². The maximum absolute atomic E-state index is 13.9. The van der Waals surface area contributed by atoms with Crippen molar-refractivity contribution >= 4 is 22.5 Å². The Morgan fingerprint density at radius 1 is 0.375 bits per heavy atom. The molecule has 0 bridgehead atoms. The fourth-order valence-corrected chi connectivity index (χ4v) is 4.67. The third-order valence-electron chi connectivity index (χ3n) is 6.73. The number of benzene rings is 5. The molecule has 186 valence electrons. The van der Waals surface area contributed by atoms with E-state index < -0.39 is 0 Å². The first-order chi connectivity index (χ1) is 19.7. The molecule has 1 heteroatoms. The maximum atomic E-state index is 13.9. The highest BCUT2D eigenvalue weighted by Crippen LogP contribution is 2.40. The summed E-state index contributed by atoms with van der Waals surface area (Å²) in [5.74, 6) is 12.8. The van der Waals surface area contributed by atoms with E-state index in [1.54, 1.807) is 0 Å². The Kier molecular flexibility index (Phi) is 7.04. The van der Waals surface area contributed by atoms with Gasteiger partial charge in [-0.25, -0.2) is 0 Å². The molecule has 0 N–H and O–H groups in total. The van der Waals surface area contributed by atoms with Gasteiger partial charge in [-0.05, 0) is 76.9 Å². The van der Waals surface area contributed by atoms with Crippen molar-refractivity contribution < 1.29 is 4.79 Å². The third-order valence-corrected chi connectivity index (χ3v) is 6.73. The van der Waals surface area contributed by atoms with Crippen LogP contribution in [0.3, 0.4) is 0 Å². The highest BCUT2D eigenvalue weighted by atomic mass is 16.1. The molecule has 1 nitrogen and oxygen atoms in total. The Balaban J connectivity index is 1.30. The number of Topliss-reactive ketones (excluding diaryl/α,β-unsaturated/α-hetero) is 1. The van der Waals surface area contributed by atoms with Gasteiger partial charge in [-0.3, -0.25) is 4.79 Å². The predicted molar refractivity (Wildman–Crippen MR) is 164 cm³/mol. The van der Waals surface area contributed by atoms with Gasteiger partial charge in [0.2, 0.25) is 0 Å². The van der Waals surface area contributed by atoms with Gasteiger partial charge in [0, 0.05) is 33.4 Å². The van der Waals surface area contributed by atoms with E-state index in [2.05, 4.69) is 23.7 Å². The minimum atomic E-state index is 0.0186. The molecule has 0 atom stereocenters. The average molecular weight is 509 g/mol. The molecule has 0 saturated carbocycles. The summed E-state index contributed by atoms with van der Waals surface area (Å²) in [5, 5.41) is 0. The van der Waals surface area contributed by atoms with Gasteiger partial charge in [-0.1, -0.05) is 115 Å². The van der Waals surface area contributed by atoms with E-state index in [0.717, 1.165) is 44.5 Å². The van der Waals surface area contributed by atoms with Crippen LogP contribution >= 0.6 is 0 Å². The molecule has 6 rings (SSSR count). The molecule has 0 spiro atoms. The summed E-state index contributed by atoms with van der Waals surface area (Å²) in [7, 11) is 0. The lowest BCUT2D eigenvalue weighted by atomic mass is 9.94. The summed E-state index contributed by atoms with van der Waals surface area (Å²) in [4.78, 5) is 13.9. The van der Waals surface area contributed by atoms with Crippen molar-refractivity contribution in [2.24, 2.45) is 0 Å². The molecule has 5 aromatic carbocycles. The SMILES string of the molecule is O=C1C(c2ccc(C#Cc3ccccc3)cc2)=CC(c2ccccc2)=C1c1ccc(C#Cc2ccccc2)cc1. The first-order valence-electron chi connectivity index (χ1n) is 13.2. The van der Waals surface area contributed by atoms with Crippen molar-refractivity contribution in [3.8, 4) is 23.7 Å². The Labute approximate surface area is 235 Å². The van der Waals surface area contributed by atoms with Crippen molar-refractivity contribution in [1.29, 1.82) is 0 Å². The van der Waals surface area contributed by atoms with Gasteiger partial charge in [-0.15, -0.1) is 0 Å². The number of hydrogen-bond acceptors (Lipinski definition) is 1. The molecule has 0 fully saturated rings. The van der Waals surface area contributed by atoms with Gasteiger partial charge in [0.25, 0.3) is 0 Å². The van der Waals surface area contributed by atoms with E-state index in [1.807, 2.05) is 146 Å². The molecule has 0 saturated heterocycles. The van der Waals surface area contributed by atoms with Crippen molar-refractivity contribution in [3.63, 3.8) is 0 Å². The minimum absolute atomic E-state index is 0.0186. The molecule has 0 amide bonds. The zero-order valence-corrected chi connectivity index (χ0v) is 21.8. The summed E-state index contributed by atoms with van der Waals surface area (Å²) >= 11 is 0. The van der Waals surface area contributed by atoms with E-state index in [1.165, 1.54) is 0 Å². The van der Waals surface area contributed by atoms with E-state index >= 15 is 0 Å². The molecule has 5 aromatic rings. The second kappa shape index (κ2) is 11.4. The zero-order chi connectivity index (χ0) is 27.1. The summed E-state index contributed by atoms with van der Waals surface area (Å²) in [6.45, 7) is 0. The van der Waals surface area contributed by atoms with Gasteiger partial charge in [-0.2, -0.15) is 0 Å². The Hall–Kier alpha value is -5.63. The van der Waals surface area contributed by atoms with Gasteiger partial charge in [0.15, 0.2) is 5.78 Å². The van der Waals surface area contributed by atoms with Crippen LogP contribution in [-0.2, 0) is 4.79 Å². The maximum Gasteiger partial charge on any atom is 0.194 e. The number of allylic oxidation sites excluding steroid dienone is 4. The first-order valence-corrected chi connectivity index (χ1v) is 13.2. The van der Waals surface area contributed by atoms with Crippen molar-refractivity contribution in [3.05, 3.63) is 185 Å². The Morgan fingerprint density at radius 3 is 1.25 bits per heavy atom. The van der Waals surface area contributed by atoms with Crippen LogP contribution in [0.2, 0.25) is 0 Å². The fourth-order valence-electron chi connectivity index (χ4n) is 4.67. The van der Waals surface area contributed by atoms with Crippen LogP contribution in [0.25, 0.3) is 16.7 Å². The van der Waals surface area contributed by atoms with Gasteiger partial charge in [0.05, 0.1) is 0 Å². The van der Waals surface area contributed by atoms with Crippen LogP contribution in [0.5, 0.6) is 0 Å². The average Bonchev–Trinajstić information content (AvgIpc) is 3.38. The lowest BCUT2D eigenvalue weighted by Gasteiger charge is -2.08. The lowest BCUT2D eigenvalue weighted by molar-refractivity contribution is -0.108. The molecule has 0 aliphatic heterocycles. The van der Waals surface area contributed by atoms with E-state index in [-0.39, 0.29) is 5.78 Å². The van der Waals surface area contributed by atoms with Crippen LogP contribution in [0.1, 0.15) is 38.9 Å². The van der Waals surface area contributed by atoms with Crippen molar-refractivity contribution in [2.45, 2.75) is 0 Å². The standard InChI is InChI=1S/C39H24O/c40-39-37(34-24-20-31(21-25-34)18-16-29-10-4-1-5-11-29)28-36(33-14-8-3-9-15-33)38(39)35-26-22-32(23-27-35)19-17-30-12-6-2-7-13-30/h1-15,20-28H. The van der Waals surface area contributed by atoms with Crippen LogP contribution < -0.4 is 0 Å². The van der Waals surface area contributed by atoms with Crippen LogP contribution in [-0.4, -0.2) is 5.78 Å². The number of rotatable bonds is 3. The minimum Gasteiger partial charge on any atom is -0.289 e. The Bertz CT molecular complexity index is 1850. The molecule has 1 aliphatic rings. The molecule has 0 aromatic heterocycles. The van der Waals surface area contributed by atoms with Crippen LogP contribution in [0, 0.1) is 23.7 Å². The molecular formula is C39H24O. The number of carbonyl (C=O) groups is 1. The summed E-state index contributed by atoms with van der Waals surface area (Å²) in [6.07, 6.45) is 2.01. The molecule has 40 heavy (non-hydrogen) atoms. The quantitative estimate of drug-likeness (QED) is 0.225. The monoisotopic (exact) mass is 508 g/mol. The second-order valence-electron chi connectivity index (χ2n) is 9.43. The third kappa shape index (κ3) is 5.46. The van der Waals surface area contributed by atoms with E-state index in [0.29, 0.717) is 11.1 Å². The number of carbonyl (C=O) groups excluding carboxylic acids is 1. The molecule has 0 radical (unpaired) electrons. The summed E-state index contributed by atoms with van der Waals surface area (Å²) in [5.41, 5.74) is 8.84. The van der Waals surface area contributed by atoms with Gasteiger partial charge < -0.3 is 0 Å². The molecule has 1 aliphatic carbocycles.